The Morgan fingerprint density at radius 1 is 0.650 bits per heavy atom. The molecule has 0 radical (unpaired) electrons. The van der Waals surface area contributed by atoms with E-state index in [1.807, 2.05) is 6.20 Å². The molecule has 20 heavy (non-hydrogen) atoms. The maximum Gasteiger partial charge on any atom is 0.0702 e. The van der Waals surface area contributed by atoms with E-state index < -0.39 is 0 Å². The summed E-state index contributed by atoms with van der Waals surface area (Å²) < 4.78 is 0. The largest absolute Gasteiger partial charge is 0.256 e. The fraction of sp³-hybridized carbons (Fsp3) is 0.105. The molecule has 0 N–H and O–H groups in total. The standard InChI is InChI=1S/C19H17N/c1-14-5-3-7-16(11-14)18-9-10-19(20-13-18)17-8-4-6-15(2)12-17/h3-13H,1-2H3. The fourth-order valence-electron chi connectivity index (χ4n) is 2.36. The van der Waals surface area contributed by atoms with Crippen LogP contribution in [0.15, 0.2) is 66.9 Å². The Bertz CT molecular complexity index is 662. The van der Waals surface area contributed by atoms with E-state index in [0.717, 1.165) is 11.3 Å². The van der Waals surface area contributed by atoms with Gasteiger partial charge in [0.2, 0.25) is 0 Å². The van der Waals surface area contributed by atoms with Crippen molar-refractivity contribution in [3.05, 3.63) is 78.0 Å². The first-order valence-electron chi connectivity index (χ1n) is 6.82. The van der Waals surface area contributed by atoms with E-state index in [1.54, 1.807) is 0 Å². The third kappa shape index (κ3) is 2.62. The molecule has 0 aliphatic rings. The first-order valence-corrected chi connectivity index (χ1v) is 6.82. The highest BCUT2D eigenvalue weighted by Gasteiger charge is 2.02. The molecule has 3 rings (SSSR count). The van der Waals surface area contributed by atoms with E-state index in [-0.39, 0.29) is 0 Å². The number of pyridine rings is 1. The maximum absolute atomic E-state index is 4.60. The molecule has 0 unspecified atom stereocenters. The number of hydrogen-bond donors (Lipinski definition) is 0. The number of rotatable bonds is 2. The van der Waals surface area contributed by atoms with Crippen molar-refractivity contribution in [3.63, 3.8) is 0 Å². The normalized spacial score (nSPS) is 10.5. The van der Waals surface area contributed by atoms with Crippen LogP contribution in [-0.2, 0) is 0 Å². The van der Waals surface area contributed by atoms with Gasteiger partial charge in [0.1, 0.15) is 0 Å². The van der Waals surface area contributed by atoms with E-state index in [1.165, 1.54) is 22.3 Å². The highest BCUT2D eigenvalue weighted by Crippen LogP contribution is 2.23. The van der Waals surface area contributed by atoms with Crippen LogP contribution in [0.2, 0.25) is 0 Å². The molecule has 1 heteroatoms. The summed E-state index contributed by atoms with van der Waals surface area (Å²) in [4.78, 5) is 4.60. The summed E-state index contributed by atoms with van der Waals surface area (Å²) in [6, 6.07) is 21.2. The average molecular weight is 259 g/mol. The number of hydrogen-bond acceptors (Lipinski definition) is 1. The van der Waals surface area contributed by atoms with Crippen LogP contribution >= 0.6 is 0 Å². The lowest BCUT2D eigenvalue weighted by Crippen LogP contribution is -1.86. The zero-order valence-corrected chi connectivity index (χ0v) is 11.8. The topological polar surface area (TPSA) is 12.9 Å². The Kier molecular flexibility index (Phi) is 3.34. The van der Waals surface area contributed by atoms with Gasteiger partial charge in [0.25, 0.3) is 0 Å². The van der Waals surface area contributed by atoms with Crippen molar-refractivity contribution in [2.75, 3.05) is 0 Å². The molecule has 0 atom stereocenters. The monoisotopic (exact) mass is 259 g/mol. The van der Waals surface area contributed by atoms with Crippen molar-refractivity contribution in [3.8, 4) is 22.4 Å². The lowest BCUT2D eigenvalue weighted by atomic mass is 10.0. The highest BCUT2D eigenvalue weighted by molar-refractivity contribution is 5.67. The number of aromatic nitrogens is 1. The Labute approximate surface area is 119 Å². The molecule has 1 heterocycles. The van der Waals surface area contributed by atoms with Gasteiger partial charge in [0.15, 0.2) is 0 Å². The minimum atomic E-state index is 1.02. The van der Waals surface area contributed by atoms with Crippen LogP contribution in [0.3, 0.4) is 0 Å². The zero-order chi connectivity index (χ0) is 13.9. The van der Waals surface area contributed by atoms with Gasteiger partial charge < -0.3 is 0 Å². The molecule has 0 spiro atoms. The highest BCUT2D eigenvalue weighted by atomic mass is 14.7. The predicted octanol–water partition coefficient (Wildman–Crippen LogP) is 5.03. The quantitative estimate of drug-likeness (QED) is 0.628. The van der Waals surface area contributed by atoms with Gasteiger partial charge in [-0.25, -0.2) is 0 Å². The molecular weight excluding hydrogens is 242 g/mol. The Morgan fingerprint density at radius 2 is 1.30 bits per heavy atom. The van der Waals surface area contributed by atoms with Crippen molar-refractivity contribution >= 4 is 0 Å². The Morgan fingerprint density at radius 3 is 1.90 bits per heavy atom. The van der Waals surface area contributed by atoms with Crippen LogP contribution < -0.4 is 0 Å². The maximum atomic E-state index is 4.60. The minimum Gasteiger partial charge on any atom is -0.256 e. The molecule has 0 saturated carbocycles. The molecule has 1 nitrogen and oxygen atoms in total. The molecule has 0 fully saturated rings. The van der Waals surface area contributed by atoms with Gasteiger partial charge in [0, 0.05) is 17.3 Å². The van der Waals surface area contributed by atoms with Gasteiger partial charge in [-0.05, 0) is 31.5 Å². The lowest BCUT2D eigenvalue weighted by Gasteiger charge is -2.05. The zero-order valence-electron chi connectivity index (χ0n) is 11.8. The van der Waals surface area contributed by atoms with E-state index in [2.05, 4.69) is 79.5 Å². The van der Waals surface area contributed by atoms with Gasteiger partial charge in [-0.15, -0.1) is 0 Å². The van der Waals surface area contributed by atoms with Crippen LogP contribution in [0.25, 0.3) is 22.4 Å². The van der Waals surface area contributed by atoms with Crippen molar-refractivity contribution in [1.29, 1.82) is 0 Å². The van der Waals surface area contributed by atoms with E-state index in [4.69, 9.17) is 0 Å². The van der Waals surface area contributed by atoms with Crippen molar-refractivity contribution in [2.24, 2.45) is 0 Å². The van der Waals surface area contributed by atoms with Crippen LogP contribution in [0.4, 0.5) is 0 Å². The fourth-order valence-corrected chi connectivity index (χ4v) is 2.36. The van der Waals surface area contributed by atoms with Gasteiger partial charge >= 0.3 is 0 Å². The van der Waals surface area contributed by atoms with Crippen LogP contribution in [-0.4, -0.2) is 4.98 Å². The summed E-state index contributed by atoms with van der Waals surface area (Å²) in [6.45, 7) is 4.21. The van der Waals surface area contributed by atoms with Crippen molar-refractivity contribution < 1.29 is 0 Å². The van der Waals surface area contributed by atoms with Crippen LogP contribution in [0.5, 0.6) is 0 Å². The molecule has 3 aromatic rings. The summed E-state index contributed by atoms with van der Waals surface area (Å²) in [5.41, 5.74) is 7.08. The molecule has 2 aromatic carbocycles. The summed E-state index contributed by atoms with van der Waals surface area (Å²) in [7, 11) is 0. The average Bonchev–Trinajstić information content (AvgIpc) is 2.47. The molecular formula is C19H17N. The summed E-state index contributed by atoms with van der Waals surface area (Å²) in [5.74, 6) is 0. The third-order valence-electron chi connectivity index (χ3n) is 3.43. The van der Waals surface area contributed by atoms with Crippen LogP contribution in [0, 0.1) is 13.8 Å². The smallest absolute Gasteiger partial charge is 0.0702 e. The van der Waals surface area contributed by atoms with Gasteiger partial charge in [0.05, 0.1) is 5.69 Å². The minimum absolute atomic E-state index is 1.02. The first-order chi connectivity index (χ1) is 9.72. The number of nitrogens with zero attached hydrogens (tertiary/aromatic N) is 1. The SMILES string of the molecule is Cc1cccc(-c2ccc(-c3cccc(C)c3)nc2)c1. The molecule has 0 aliphatic carbocycles. The molecule has 0 saturated heterocycles. The molecule has 0 amide bonds. The van der Waals surface area contributed by atoms with Gasteiger partial charge in [-0.2, -0.15) is 0 Å². The Balaban J connectivity index is 1.96. The van der Waals surface area contributed by atoms with Gasteiger partial charge in [-0.3, -0.25) is 4.98 Å². The summed E-state index contributed by atoms with van der Waals surface area (Å²) in [6.07, 6.45) is 1.95. The van der Waals surface area contributed by atoms with Crippen molar-refractivity contribution in [2.45, 2.75) is 13.8 Å². The second kappa shape index (κ2) is 5.30. The second-order valence-corrected chi connectivity index (χ2v) is 5.17. The molecule has 98 valence electrons. The Hall–Kier alpha value is -2.41. The predicted molar refractivity (Wildman–Crippen MR) is 84.6 cm³/mol. The van der Waals surface area contributed by atoms with Crippen molar-refractivity contribution in [1.82, 2.24) is 4.98 Å². The first kappa shape index (κ1) is 12.6. The van der Waals surface area contributed by atoms with Crippen LogP contribution in [0.1, 0.15) is 11.1 Å². The summed E-state index contributed by atoms with van der Waals surface area (Å²) in [5, 5.41) is 0. The van der Waals surface area contributed by atoms with E-state index in [0.29, 0.717) is 0 Å². The van der Waals surface area contributed by atoms with Gasteiger partial charge in [-0.1, -0.05) is 59.7 Å². The number of aryl methyl sites for hydroxylation is 2. The van der Waals surface area contributed by atoms with E-state index in [9.17, 15) is 0 Å². The molecule has 1 aromatic heterocycles. The molecule has 0 bridgehead atoms. The number of benzene rings is 2. The van der Waals surface area contributed by atoms with E-state index >= 15 is 0 Å². The lowest BCUT2D eigenvalue weighted by molar-refractivity contribution is 1.31. The molecule has 0 aliphatic heterocycles. The summed E-state index contributed by atoms with van der Waals surface area (Å²) >= 11 is 0. The third-order valence-corrected chi connectivity index (χ3v) is 3.43. The second-order valence-electron chi connectivity index (χ2n) is 5.17.